The van der Waals surface area contributed by atoms with Gasteiger partial charge in [0.25, 0.3) is 0 Å². The predicted molar refractivity (Wildman–Crippen MR) is 115 cm³/mol. The Kier molecular flexibility index (Phi) is 6.17. The smallest absolute Gasteiger partial charge is 0.347 e. The van der Waals surface area contributed by atoms with Crippen molar-refractivity contribution < 1.29 is 13.6 Å². The molecule has 0 aliphatic heterocycles. The molecule has 0 aliphatic carbocycles. The van der Waals surface area contributed by atoms with Crippen molar-refractivity contribution in [3.8, 4) is 0 Å². The van der Waals surface area contributed by atoms with E-state index in [2.05, 4.69) is 10.1 Å². The van der Waals surface area contributed by atoms with Gasteiger partial charge in [0.05, 0.1) is 10.6 Å². The van der Waals surface area contributed by atoms with Gasteiger partial charge in [-0.1, -0.05) is 41.6 Å². The Hall–Kier alpha value is -3.26. The van der Waals surface area contributed by atoms with Crippen LogP contribution in [0.1, 0.15) is 34.6 Å². The highest BCUT2D eigenvalue weighted by atomic mass is 32.2. The summed E-state index contributed by atoms with van der Waals surface area (Å²) in [6.45, 7) is 2.00. The van der Waals surface area contributed by atoms with Crippen LogP contribution in [0, 0.1) is 6.92 Å². The van der Waals surface area contributed by atoms with Crippen molar-refractivity contribution in [2.24, 2.45) is 12.2 Å². The standard InChI is InChI=1S/C22H23N3O4S/c1-15-6-4-5-7-19(15)20(16-8-10-18(11-9-16)30(3,28)29)12-21(24-27)17-13-23-22(26)25(2)14-17/h4-11,13-14,20,27H,12H2,1-3H3. The van der Waals surface area contributed by atoms with Crippen molar-refractivity contribution in [3.05, 3.63) is 93.7 Å². The average Bonchev–Trinajstić information content (AvgIpc) is 2.71. The highest BCUT2D eigenvalue weighted by Gasteiger charge is 2.21. The van der Waals surface area contributed by atoms with Crippen molar-refractivity contribution in [3.63, 3.8) is 0 Å². The average molecular weight is 426 g/mol. The Bertz CT molecular complexity index is 1250. The van der Waals surface area contributed by atoms with Crippen molar-refractivity contribution in [1.82, 2.24) is 9.55 Å². The zero-order valence-electron chi connectivity index (χ0n) is 17.0. The molecule has 0 bridgehead atoms. The highest BCUT2D eigenvalue weighted by Crippen LogP contribution is 2.32. The van der Waals surface area contributed by atoms with Gasteiger partial charge in [-0.3, -0.25) is 0 Å². The summed E-state index contributed by atoms with van der Waals surface area (Å²) in [6.07, 6.45) is 4.47. The molecule has 0 saturated heterocycles. The summed E-state index contributed by atoms with van der Waals surface area (Å²) in [7, 11) is -1.72. The van der Waals surface area contributed by atoms with Gasteiger partial charge >= 0.3 is 5.69 Å². The first-order valence-electron chi connectivity index (χ1n) is 9.30. The molecule has 0 aliphatic rings. The van der Waals surface area contributed by atoms with E-state index in [1.165, 1.54) is 17.0 Å². The molecule has 1 aromatic heterocycles. The first-order valence-corrected chi connectivity index (χ1v) is 11.2. The van der Waals surface area contributed by atoms with E-state index < -0.39 is 15.5 Å². The molecule has 3 rings (SSSR count). The molecular formula is C22H23N3O4S. The van der Waals surface area contributed by atoms with E-state index in [1.807, 2.05) is 31.2 Å². The molecule has 1 unspecified atom stereocenters. The monoisotopic (exact) mass is 425 g/mol. The molecule has 1 N–H and O–H groups in total. The van der Waals surface area contributed by atoms with Gasteiger partial charge in [-0.25, -0.2) is 18.2 Å². The number of aromatic nitrogens is 2. The zero-order valence-corrected chi connectivity index (χ0v) is 17.8. The topological polar surface area (TPSA) is 102 Å². The minimum absolute atomic E-state index is 0.192. The first kappa shape index (κ1) is 21.4. The van der Waals surface area contributed by atoms with Gasteiger partial charge in [-0.05, 0) is 35.7 Å². The fraction of sp³-hybridized carbons (Fsp3) is 0.227. The lowest BCUT2D eigenvalue weighted by Gasteiger charge is -2.21. The summed E-state index contributed by atoms with van der Waals surface area (Å²) in [6, 6.07) is 14.6. The summed E-state index contributed by atoms with van der Waals surface area (Å²) >= 11 is 0. The Morgan fingerprint density at radius 1 is 1.17 bits per heavy atom. The molecule has 1 atom stereocenters. The van der Waals surface area contributed by atoms with Crippen LogP contribution < -0.4 is 5.69 Å². The third kappa shape index (κ3) is 4.65. The van der Waals surface area contributed by atoms with Crippen LogP contribution in [-0.2, 0) is 16.9 Å². The summed E-state index contributed by atoms with van der Waals surface area (Å²) in [5.41, 5.74) is 3.48. The van der Waals surface area contributed by atoms with E-state index in [9.17, 15) is 18.4 Å². The lowest BCUT2D eigenvalue weighted by molar-refractivity contribution is 0.317. The Labute approximate surface area is 175 Å². The van der Waals surface area contributed by atoms with Crippen LogP contribution in [0.5, 0.6) is 0 Å². The highest BCUT2D eigenvalue weighted by molar-refractivity contribution is 7.90. The third-order valence-electron chi connectivity index (χ3n) is 5.07. The van der Waals surface area contributed by atoms with Gasteiger partial charge < -0.3 is 9.77 Å². The molecule has 0 spiro atoms. The fourth-order valence-corrected chi connectivity index (χ4v) is 4.03. The second kappa shape index (κ2) is 8.62. The quantitative estimate of drug-likeness (QED) is 0.372. The lowest BCUT2D eigenvalue weighted by Crippen LogP contribution is -2.21. The van der Waals surface area contributed by atoms with Gasteiger partial charge in [0.2, 0.25) is 0 Å². The van der Waals surface area contributed by atoms with Crippen LogP contribution in [0.2, 0.25) is 0 Å². The van der Waals surface area contributed by atoms with Crippen molar-refractivity contribution in [2.45, 2.75) is 24.2 Å². The van der Waals surface area contributed by atoms with Crippen molar-refractivity contribution in [1.29, 1.82) is 0 Å². The molecule has 2 aromatic carbocycles. The minimum Gasteiger partial charge on any atom is -0.411 e. The van der Waals surface area contributed by atoms with Gasteiger partial charge in [0.1, 0.15) is 0 Å². The second-order valence-corrected chi connectivity index (χ2v) is 9.25. The maximum atomic E-state index is 11.8. The SMILES string of the molecule is Cc1ccccc1C(CC(=NO)c1cnc(=O)n(C)c1)c1ccc(S(C)(=O)=O)cc1. The molecule has 0 amide bonds. The number of hydrogen-bond donors (Lipinski definition) is 1. The molecule has 8 heteroatoms. The van der Waals surface area contributed by atoms with Gasteiger partial charge in [0.15, 0.2) is 9.84 Å². The van der Waals surface area contributed by atoms with E-state index >= 15 is 0 Å². The predicted octanol–water partition coefficient (Wildman–Crippen LogP) is 2.89. The maximum Gasteiger partial charge on any atom is 0.347 e. The molecule has 3 aromatic rings. The molecule has 1 heterocycles. The number of hydrogen-bond acceptors (Lipinski definition) is 6. The van der Waals surface area contributed by atoms with Crippen LogP contribution in [0.3, 0.4) is 0 Å². The molecule has 0 radical (unpaired) electrons. The van der Waals surface area contributed by atoms with Gasteiger partial charge in [-0.2, -0.15) is 0 Å². The fourth-order valence-electron chi connectivity index (χ4n) is 3.40. The largest absolute Gasteiger partial charge is 0.411 e. The van der Waals surface area contributed by atoms with Crippen LogP contribution in [-0.4, -0.2) is 35.1 Å². The van der Waals surface area contributed by atoms with Gasteiger partial charge in [-0.15, -0.1) is 0 Å². The zero-order chi connectivity index (χ0) is 21.9. The number of aryl methyl sites for hydroxylation is 2. The van der Waals surface area contributed by atoms with Crippen LogP contribution in [0.15, 0.2) is 75.8 Å². The first-order chi connectivity index (χ1) is 14.2. The number of benzene rings is 2. The van der Waals surface area contributed by atoms with Crippen LogP contribution >= 0.6 is 0 Å². The Balaban J connectivity index is 2.07. The normalized spacial score (nSPS) is 13.2. The number of rotatable bonds is 6. The molecule has 7 nitrogen and oxygen atoms in total. The van der Waals surface area contributed by atoms with E-state index in [0.717, 1.165) is 16.7 Å². The van der Waals surface area contributed by atoms with E-state index in [1.54, 1.807) is 37.5 Å². The molecule has 0 saturated carbocycles. The number of nitrogens with zero attached hydrogens (tertiary/aromatic N) is 3. The molecule has 0 fully saturated rings. The van der Waals surface area contributed by atoms with Crippen LogP contribution in [0.4, 0.5) is 0 Å². The molecular weight excluding hydrogens is 402 g/mol. The maximum absolute atomic E-state index is 11.8. The van der Waals surface area contributed by atoms with E-state index in [4.69, 9.17) is 0 Å². The second-order valence-electron chi connectivity index (χ2n) is 7.24. The van der Waals surface area contributed by atoms with Crippen LogP contribution in [0.25, 0.3) is 0 Å². The number of sulfone groups is 1. The van der Waals surface area contributed by atoms with Crippen molar-refractivity contribution >= 4 is 15.5 Å². The van der Waals surface area contributed by atoms with Gasteiger partial charge in [0, 0.05) is 43.6 Å². The molecule has 156 valence electrons. The Morgan fingerprint density at radius 2 is 1.83 bits per heavy atom. The summed E-state index contributed by atoms with van der Waals surface area (Å²) in [5, 5.41) is 13.2. The summed E-state index contributed by atoms with van der Waals surface area (Å²) in [5.74, 6) is -0.192. The summed E-state index contributed by atoms with van der Waals surface area (Å²) < 4.78 is 25.0. The van der Waals surface area contributed by atoms with Crippen molar-refractivity contribution in [2.75, 3.05) is 6.26 Å². The molecule has 30 heavy (non-hydrogen) atoms. The summed E-state index contributed by atoms with van der Waals surface area (Å²) in [4.78, 5) is 15.7. The van der Waals surface area contributed by atoms with E-state index in [0.29, 0.717) is 17.7 Å². The minimum atomic E-state index is -3.30. The van der Waals surface area contributed by atoms with E-state index in [-0.39, 0.29) is 10.8 Å². The Morgan fingerprint density at radius 3 is 2.40 bits per heavy atom. The third-order valence-corrected chi connectivity index (χ3v) is 6.20. The lowest BCUT2D eigenvalue weighted by atomic mass is 9.84. The number of oxime groups is 1.